The van der Waals surface area contributed by atoms with Crippen LogP contribution in [0.2, 0.25) is 5.02 Å². The van der Waals surface area contributed by atoms with Gasteiger partial charge in [-0.3, -0.25) is 14.4 Å². The third-order valence-corrected chi connectivity index (χ3v) is 6.46. The van der Waals surface area contributed by atoms with E-state index in [4.69, 9.17) is 16.3 Å². The van der Waals surface area contributed by atoms with Crippen molar-refractivity contribution in [2.45, 2.75) is 39.2 Å². The smallest absolute Gasteiger partial charge is 0.255 e. The van der Waals surface area contributed by atoms with Crippen molar-refractivity contribution >= 4 is 33.2 Å². The minimum atomic E-state index is -3.52. The summed E-state index contributed by atoms with van der Waals surface area (Å²) in [7, 11) is -2.08. The van der Waals surface area contributed by atoms with Gasteiger partial charge in [0, 0.05) is 18.7 Å². The van der Waals surface area contributed by atoms with E-state index in [1.54, 1.807) is 6.92 Å². The maximum atomic E-state index is 12.7. The SMILES string of the molecule is CCCS(=O)(=O)Nc1cc(C(=O)NCC2CCCN2CC)c(OC)cc1Cl. The van der Waals surface area contributed by atoms with Crippen LogP contribution in [-0.4, -0.2) is 57.8 Å². The molecule has 9 heteroatoms. The summed E-state index contributed by atoms with van der Waals surface area (Å²) in [5, 5.41) is 3.11. The lowest BCUT2D eigenvalue weighted by atomic mass is 10.1. The number of sulfonamides is 1. The van der Waals surface area contributed by atoms with E-state index in [0.717, 1.165) is 25.9 Å². The summed E-state index contributed by atoms with van der Waals surface area (Å²) in [5.41, 5.74) is 0.421. The highest BCUT2D eigenvalue weighted by Crippen LogP contribution is 2.31. The fourth-order valence-electron chi connectivity index (χ4n) is 3.32. The van der Waals surface area contributed by atoms with Crippen LogP contribution >= 0.6 is 11.6 Å². The zero-order chi connectivity index (χ0) is 20.0. The van der Waals surface area contributed by atoms with Crippen molar-refractivity contribution in [3.63, 3.8) is 0 Å². The Hall–Kier alpha value is -1.51. The largest absolute Gasteiger partial charge is 0.496 e. The lowest BCUT2D eigenvalue weighted by Gasteiger charge is -2.23. The average molecular weight is 418 g/mol. The Morgan fingerprint density at radius 3 is 2.74 bits per heavy atom. The van der Waals surface area contributed by atoms with Crippen LogP contribution in [0.1, 0.15) is 43.5 Å². The number of nitrogens with one attached hydrogen (secondary N) is 2. The lowest BCUT2D eigenvalue weighted by Crippen LogP contribution is -2.40. The molecule has 152 valence electrons. The number of carbonyl (C=O) groups is 1. The van der Waals surface area contributed by atoms with E-state index in [-0.39, 0.29) is 27.9 Å². The van der Waals surface area contributed by atoms with Gasteiger partial charge in [0.25, 0.3) is 5.91 Å². The van der Waals surface area contributed by atoms with Crippen molar-refractivity contribution in [3.05, 3.63) is 22.7 Å². The number of likely N-dealkylation sites (tertiary alicyclic amines) is 1. The molecule has 1 aliphatic heterocycles. The summed E-state index contributed by atoms with van der Waals surface area (Å²) in [4.78, 5) is 15.0. The fraction of sp³-hybridized carbons (Fsp3) is 0.611. The van der Waals surface area contributed by atoms with Crippen LogP contribution in [0.25, 0.3) is 0 Å². The molecule has 1 amide bonds. The molecule has 1 heterocycles. The molecule has 1 fully saturated rings. The van der Waals surface area contributed by atoms with Gasteiger partial charge in [-0.2, -0.15) is 0 Å². The fourth-order valence-corrected chi connectivity index (χ4v) is 4.72. The van der Waals surface area contributed by atoms with E-state index in [9.17, 15) is 13.2 Å². The predicted octanol–water partition coefficient (Wildman–Crippen LogP) is 2.71. The van der Waals surface area contributed by atoms with Gasteiger partial charge in [0.1, 0.15) is 5.75 Å². The average Bonchev–Trinajstić information content (AvgIpc) is 3.08. The summed E-state index contributed by atoms with van der Waals surface area (Å²) in [6.07, 6.45) is 2.65. The number of benzene rings is 1. The third-order valence-electron chi connectivity index (χ3n) is 4.68. The first-order chi connectivity index (χ1) is 12.8. The lowest BCUT2D eigenvalue weighted by molar-refractivity contribution is 0.0938. The Bertz CT molecular complexity index is 770. The summed E-state index contributed by atoms with van der Waals surface area (Å²) in [6.45, 7) is 6.42. The Labute approximate surface area is 166 Å². The van der Waals surface area contributed by atoms with Gasteiger partial charge < -0.3 is 10.1 Å². The van der Waals surface area contributed by atoms with Gasteiger partial charge in [-0.15, -0.1) is 0 Å². The molecule has 1 unspecified atom stereocenters. The van der Waals surface area contributed by atoms with E-state index in [0.29, 0.717) is 24.8 Å². The highest BCUT2D eigenvalue weighted by molar-refractivity contribution is 7.92. The van der Waals surface area contributed by atoms with Gasteiger partial charge in [-0.25, -0.2) is 8.42 Å². The van der Waals surface area contributed by atoms with Crippen molar-refractivity contribution in [2.75, 3.05) is 37.2 Å². The van der Waals surface area contributed by atoms with Crippen molar-refractivity contribution < 1.29 is 17.9 Å². The number of likely N-dealkylation sites (N-methyl/N-ethyl adjacent to an activating group) is 1. The van der Waals surface area contributed by atoms with Gasteiger partial charge in [-0.1, -0.05) is 25.4 Å². The molecule has 27 heavy (non-hydrogen) atoms. The zero-order valence-corrected chi connectivity index (χ0v) is 17.6. The van der Waals surface area contributed by atoms with Gasteiger partial charge in [-0.05, 0) is 38.4 Å². The van der Waals surface area contributed by atoms with E-state index >= 15 is 0 Å². The summed E-state index contributed by atoms with van der Waals surface area (Å²) in [5.74, 6) is -0.0390. The molecular formula is C18H28ClN3O4S. The monoisotopic (exact) mass is 417 g/mol. The van der Waals surface area contributed by atoms with Crippen LogP contribution in [0.5, 0.6) is 5.75 Å². The number of halogens is 1. The Morgan fingerprint density at radius 1 is 1.37 bits per heavy atom. The molecule has 1 aromatic rings. The topological polar surface area (TPSA) is 87.7 Å². The molecular weight excluding hydrogens is 390 g/mol. The number of anilines is 1. The molecule has 1 aromatic carbocycles. The van der Waals surface area contributed by atoms with Crippen LogP contribution < -0.4 is 14.8 Å². The first-order valence-corrected chi connectivity index (χ1v) is 11.2. The Balaban J connectivity index is 2.18. The van der Waals surface area contributed by atoms with Crippen molar-refractivity contribution in [2.24, 2.45) is 0 Å². The zero-order valence-electron chi connectivity index (χ0n) is 16.0. The second-order valence-corrected chi connectivity index (χ2v) is 8.84. The van der Waals surface area contributed by atoms with Gasteiger partial charge >= 0.3 is 0 Å². The highest BCUT2D eigenvalue weighted by Gasteiger charge is 2.24. The maximum Gasteiger partial charge on any atom is 0.255 e. The van der Waals surface area contributed by atoms with Crippen LogP contribution in [0.4, 0.5) is 5.69 Å². The maximum absolute atomic E-state index is 12.7. The van der Waals surface area contributed by atoms with Crippen molar-refractivity contribution in [1.29, 1.82) is 0 Å². The molecule has 1 atom stereocenters. The Morgan fingerprint density at radius 2 is 2.11 bits per heavy atom. The Kier molecular flexibility index (Phi) is 7.76. The molecule has 0 bridgehead atoms. The minimum Gasteiger partial charge on any atom is -0.496 e. The van der Waals surface area contributed by atoms with Gasteiger partial charge in [0.2, 0.25) is 10.0 Å². The number of carbonyl (C=O) groups excluding carboxylic acids is 1. The van der Waals surface area contributed by atoms with Crippen LogP contribution in [0, 0.1) is 0 Å². The molecule has 1 saturated heterocycles. The summed E-state index contributed by atoms with van der Waals surface area (Å²) < 4.78 is 31.8. The van der Waals surface area contributed by atoms with Crippen molar-refractivity contribution in [3.8, 4) is 5.75 Å². The van der Waals surface area contributed by atoms with E-state index in [1.165, 1.54) is 19.2 Å². The molecule has 7 nitrogen and oxygen atoms in total. The molecule has 0 aromatic heterocycles. The second kappa shape index (κ2) is 9.61. The summed E-state index contributed by atoms with van der Waals surface area (Å²) >= 11 is 6.16. The van der Waals surface area contributed by atoms with Crippen LogP contribution in [0.3, 0.4) is 0 Å². The molecule has 2 rings (SSSR count). The van der Waals surface area contributed by atoms with Crippen LogP contribution in [-0.2, 0) is 10.0 Å². The first kappa shape index (κ1) is 21.8. The number of nitrogens with zero attached hydrogens (tertiary/aromatic N) is 1. The quantitative estimate of drug-likeness (QED) is 0.645. The second-order valence-electron chi connectivity index (χ2n) is 6.59. The van der Waals surface area contributed by atoms with Gasteiger partial charge in [0.15, 0.2) is 0 Å². The molecule has 0 saturated carbocycles. The first-order valence-electron chi connectivity index (χ1n) is 9.21. The molecule has 1 aliphatic rings. The number of hydrogen-bond acceptors (Lipinski definition) is 5. The number of hydrogen-bond donors (Lipinski definition) is 2. The molecule has 2 N–H and O–H groups in total. The van der Waals surface area contributed by atoms with Gasteiger partial charge in [0.05, 0.1) is 29.1 Å². The van der Waals surface area contributed by atoms with Crippen LogP contribution in [0.15, 0.2) is 12.1 Å². The number of ether oxygens (including phenoxy) is 1. The minimum absolute atomic E-state index is 0.0224. The predicted molar refractivity (Wildman–Crippen MR) is 108 cm³/mol. The normalized spacial score (nSPS) is 17.7. The van der Waals surface area contributed by atoms with E-state index < -0.39 is 10.0 Å². The number of rotatable bonds is 9. The van der Waals surface area contributed by atoms with E-state index in [1.807, 2.05) is 0 Å². The van der Waals surface area contributed by atoms with Crippen molar-refractivity contribution in [1.82, 2.24) is 10.2 Å². The number of methoxy groups -OCH3 is 1. The highest BCUT2D eigenvalue weighted by atomic mass is 35.5. The third kappa shape index (κ3) is 5.73. The number of amides is 1. The molecule has 0 spiro atoms. The summed E-state index contributed by atoms with van der Waals surface area (Å²) in [6, 6.07) is 3.20. The van der Waals surface area contributed by atoms with E-state index in [2.05, 4.69) is 21.9 Å². The standard InChI is InChI=1S/C18H28ClN3O4S/c1-4-9-27(24,25)21-16-10-14(17(26-3)11-15(16)19)18(23)20-12-13-7-6-8-22(13)5-2/h10-11,13,21H,4-9,12H2,1-3H3,(H,20,23). The molecule has 0 radical (unpaired) electrons. The molecule has 0 aliphatic carbocycles.